The molecular weight excluding hydrogens is 394 g/mol. The number of carbonyl (C=O) groups excluding carboxylic acids is 1. The van der Waals surface area contributed by atoms with E-state index >= 15 is 0 Å². The summed E-state index contributed by atoms with van der Waals surface area (Å²) in [5, 5.41) is 3.23. The third-order valence-corrected chi connectivity index (χ3v) is 5.55. The number of hydrogen-bond donors (Lipinski definition) is 1. The first-order valence-electron chi connectivity index (χ1n) is 10.4. The van der Waals surface area contributed by atoms with Gasteiger partial charge in [0.05, 0.1) is 24.1 Å². The minimum Gasteiger partial charge on any atom is -0.486 e. The van der Waals surface area contributed by atoms with Crippen molar-refractivity contribution in [2.75, 3.05) is 25.1 Å². The maximum absolute atomic E-state index is 13.3. The average Bonchev–Trinajstić information content (AvgIpc) is 3.30. The summed E-state index contributed by atoms with van der Waals surface area (Å²) in [6.45, 7) is 3.67. The molecule has 1 unspecified atom stereocenters. The maximum Gasteiger partial charge on any atom is 0.254 e. The minimum absolute atomic E-state index is 0.0415. The summed E-state index contributed by atoms with van der Waals surface area (Å²) < 4.78 is 11.2. The fourth-order valence-electron chi connectivity index (χ4n) is 4.00. The van der Waals surface area contributed by atoms with Crippen molar-refractivity contribution in [2.24, 2.45) is 0 Å². The van der Waals surface area contributed by atoms with Gasteiger partial charge in [0, 0.05) is 18.3 Å². The van der Waals surface area contributed by atoms with E-state index in [9.17, 15) is 4.79 Å². The standard InChI is InChI=1S/C23H23N5O3/c1-15-4-2-8-25-22(15)27-21-14-24-13-17(26-21)18-5-3-9-28(18)23(29)16-6-7-19-20(12-16)31-11-10-30-19/h2,4,6-8,12-14,18H,3,5,9-11H2,1H3,(H,25,26,27). The molecule has 8 heteroatoms. The van der Waals surface area contributed by atoms with Crippen LogP contribution in [0.4, 0.5) is 11.6 Å². The summed E-state index contributed by atoms with van der Waals surface area (Å²) in [6.07, 6.45) is 6.89. The lowest BCUT2D eigenvalue weighted by molar-refractivity contribution is 0.0731. The Balaban J connectivity index is 1.38. The predicted octanol–water partition coefficient (Wildman–Crippen LogP) is 3.67. The van der Waals surface area contributed by atoms with Gasteiger partial charge in [0.25, 0.3) is 5.91 Å². The molecule has 0 aliphatic carbocycles. The summed E-state index contributed by atoms with van der Waals surface area (Å²) in [7, 11) is 0. The molecule has 8 nitrogen and oxygen atoms in total. The number of carbonyl (C=O) groups is 1. The molecule has 5 rings (SSSR count). The molecule has 0 spiro atoms. The number of aromatic nitrogens is 3. The summed E-state index contributed by atoms with van der Waals surface area (Å²) in [5.41, 5.74) is 2.37. The van der Waals surface area contributed by atoms with Gasteiger partial charge in [-0.3, -0.25) is 9.78 Å². The van der Waals surface area contributed by atoms with Crippen LogP contribution in [0.1, 0.15) is 40.5 Å². The van der Waals surface area contributed by atoms with Crippen LogP contribution in [0, 0.1) is 6.92 Å². The monoisotopic (exact) mass is 417 g/mol. The molecule has 4 heterocycles. The van der Waals surface area contributed by atoms with E-state index < -0.39 is 0 Å². The van der Waals surface area contributed by atoms with Gasteiger partial charge in [-0.2, -0.15) is 0 Å². The number of fused-ring (bicyclic) bond motifs is 1. The quantitative estimate of drug-likeness (QED) is 0.693. The Bertz CT molecular complexity index is 1120. The molecule has 1 atom stereocenters. The van der Waals surface area contributed by atoms with E-state index in [1.165, 1.54) is 0 Å². The van der Waals surface area contributed by atoms with E-state index in [4.69, 9.17) is 14.5 Å². The van der Waals surface area contributed by atoms with Crippen LogP contribution in [0.5, 0.6) is 11.5 Å². The van der Waals surface area contributed by atoms with Crippen molar-refractivity contribution in [1.29, 1.82) is 0 Å². The third kappa shape index (κ3) is 3.88. The number of amides is 1. The molecule has 1 aromatic carbocycles. The highest BCUT2D eigenvalue weighted by atomic mass is 16.6. The Kier molecular flexibility index (Phi) is 5.11. The number of nitrogens with zero attached hydrogens (tertiary/aromatic N) is 4. The number of hydrogen-bond acceptors (Lipinski definition) is 7. The molecule has 1 saturated heterocycles. The number of likely N-dealkylation sites (tertiary alicyclic amines) is 1. The van der Waals surface area contributed by atoms with Gasteiger partial charge < -0.3 is 19.7 Å². The molecule has 1 N–H and O–H groups in total. The summed E-state index contributed by atoms with van der Waals surface area (Å²) >= 11 is 0. The topological polar surface area (TPSA) is 89.5 Å². The van der Waals surface area contributed by atoms with Crippen LogP contribution in [-0.4, -0.2) is 45.5 Å². The zero-order valence-electron chi connectivity index (χ0n) is 17.2. The molecule has 2 aliphatic rings. The van der Waals surface area contributed by atoms with Crippen molar-refractivity contribution in [3.05, 3.63) is 65.7 Å². The molecule has 1 fully saturated rings. The molecule has 0 radical (unpaired) electrons. The Labute approximate surface area is 180 Å². The molecule has 2 aromatic heterocycles. The first-order chi connectivity index (χ1) is 15.2. The Hall–Kier alpha value is -3.68. The minimum atomic E-state index is -0.125. The van der Waals surface area contributed by atoms with E-state index in [0.717, 1.165) is 29.9 Å². The van der Waals surface area contributed by atoms with Gasteiger partial charge >= 0.3 is 0 Å². The summed E-state index contributed by atoms with van der Waals surface area (Å²) in [6, 6.07) is 9.10. The second kappa shape index (κ2) is 8.22. The van der Waals surface area contributed by atoms with Crippen molar-refractivity contribution < 1.29 is 14.3 Å². The van der Waals surface area contributed by atoms with E-state index in [1.807, 2.05) is 24.0 Å². The number of benzene rings is 1. The van der Waals surface area contributed by atoms with Crippen LogP contribution in [0.3, 0.4) is 0 Å². The normalized spacial score (nSPS) is 17.5. The summed E-state index contributed by atoms with van der Waals surface area (Å²) in [5.74, 6) is 2.60. The molecule has 0 bridgehead atoms. The van der Waals surface area contributed by atoms with Crippen molar-refractivity contribution >= 4 is 17.5 Å². The van der Waals surface area contributed by atoms with Crippen LogP contribution >= 0.6 is 0 Å². The first-order valence-corrected chi connectivity index (χ1v) is 10.4. The fourth-order valence-corrected chi connectivity index (χ4v) is 4.00. The molecule has 1 amide bonds. The Morgan fingerprint density at radius 3 is 2.90 bits per heavy atom. The second-order valence-electron chi connectivity index (χ2n) is 7.64. The lowest BCUT2D eigenvalue weighted by Gasteiger charge is -2.25. The molecule has 31 heavy (non-hydrogen) atoms. The molecule has 0 saturated carbocycles. The van der Waals surface area contributed by atoms with Crippen molar-refractivity contribution in [3.63, 3.8) is 0 Å². The highest BCUT2D eigenvalue weighted by Crippen LogP contribution is 2.35. The third-order valence-electron chi connectivity index (χ3n) is 5.55. The number of anilines is 2. The molecule has 2 aliphatic heterocycles. The number of ether oxygens (including phenoxy) is 2. The van der Waals surface area contributed by atoms with Crippen molar-refractivity contribution in [2.45, 2.75) is 25.8 Å². The zero-order valence-corrected chi connectivity index (χ0v) is 17.2. The average molecular weight is 417 g/mol. The highest BCUT2D eigenvalue weighted by Gasteiger charge is 2.32. The smallest absolute Gasteiger partial charge is 0.254 e. The molecular formula is C23H23N5O3. The van der Waals surface area contributed by atoms with Crippen molar-refractivity contribution in [3.8, 4) is 11.5 Å². The SMILES string of the molecule is Cc1cccnc1Nc1cncc(C2CCCN2C(=O)c2ccc3c(c2)OCCO3)n1. The van der Waals surface area contributed by atoms with Crippen LogP contribution < -0.4 is 14.8 Å². The highest BCUT2D eigenvalue weighted by molar-refractivity contribution is 5.95. The Morgan fingerprint density at radius 1 is 1.16 bits per heavy atom. The lowest BCUT2D eigenvalue weighted by Crippen LogP contribution is -2.31. The van der Waals surface area contributed by atoms with Crippen molar-refractivity contribution in [1.82, 2.24) is 19.9 Å². The number of rotatable bonds is 4. The zero-order chi connectivity index (χ0) is 21.2. The second-order valence-corrected chi connectivity index (χ2v) is 7.64. The van der Waals surface area contributed by atoms with Gasteiger partial charge in [-0.1, -0.05) is 6.07 Å². The maximum atomic E-state index is 13.3. The molecule has 158 valence electrons. The van der Waals surface area contributed by atoms with Gasteiger partial charge in [-0.25, -0.2) is 9.97 Å². The number of nitrogens with one attached hydrogen (secondary N) is 1. The number of aryl methyl sites for hydroxylation is 1. The van der Waals surface area contributed by atoms with Crippen LogP contribution in [0.25, 0.3) is 0 Å². The number of pyridine rings is 1. The fraction of sp³-hybridized carbons (Fsp3) is 0.304. The van der Waals surface area contributed by atoms with E-state index in [0.29, 0.717) is 42.6 Å². The van der Waals surface area contributed by atoms with Crippen LogP contribution in [-0.2, 0) is 0 Å². The van der Waals surface area contributed by atoms with E-state index in [1.54, 1.807) is 36.8 Å². The largest absolute Gasteiger partial charge is 0.486 e. The van der Waals surface area contributed by atoms with Gasteiger partial charge in [0.15, 0.2) is 11.5 Å². The van der Waals surface area contributed by atoms with Crippen LogP contribution in [0.15, 0.2) is 48.9 Å². The van der Waals surface area contributed by atoms with Gasteiger partial charge in [0.1, 0.15) is 24.8 Å². The first kappa shape index (κ1) is 19.3. The molecule has 3 aromatic rings. The predicted molar refractivity (Wildman–Crippen MR) is 115 cm³/mol. The van der Waals surface area contributed by atoms with Gasteiger partial charge in [-0.05, 0) is 49.6 Å². The van der Waals surface area contributed by atoms with E-state index in [2.05, 4.69) is 15.3 Å². The van der Waals surface area contributed by atoms with Gasteiger partial charge in [-0.15, -0.1) is 0 Å². The Morgan fingerprint density at radius 2 is 2.03 bits per heavy atom. The lowest BCUT2D eigenvalue weighted by atomic mass is 10.1. The van der Waals surface area contributed by atoms with Crippen LogP contribution in [0.2, 0.25) is 0 Å². The van der Waals surface area contributed by atoms with E-state index in [-0.39, 0.29) is 11.9 Å². The van der Waals surface area contributed by atoms with Gasteiger partial charge in [0.2, 0.25) is 0 Å². The summed E-state index contributed by atoms with van der Waals surface area (Å²) in [4.78, 5) is 28.6.